The van der Waals surface area contributed by atoms with Gasteiger partial charge in [-0.2, -0.15) is 0 Å². The fourth-order valence-electron chi connectivity index (χ4n) is 5.19. The second-order valence-electron chi connectivity index (χ2n) is 10.7. The van der Waals surface area contributed by atoms with E-state index in [1.807, 2.05) is 31.2 Å². The number of benzene rings is 3. The lowest BCUT2D eigenvalue weighted by Crippen LogP contribution is -2.53. The molecule has 0 spiro atoms. The Kier molecular flexibility index (Phi) is 10.5. The van der Waals surface area contributed by atoms with Gasteiger partial charge < -0.3 is 15.0 Å². The quantitative estimate of drug-likeness (QED) is 0.299. The number of carbonyl (C=O) groups is 2. The van der Waals surface area contributed by atoms with Gasteiger partial charge in [0.05, 0.1) is 17.7 Å². The summed E-state index contributed by atoms with van der Waals surface area (Å²) in [6.07, 6.45) is 5.09. The van der Waals surface area contributed by atoms with Crippen molar-refractivity contribution in [2.45, 2.75) is 69.5 Å². The first kappa shape index (κ1) is 31.4. The Morgan fingerprint density at radius 1 is 1.00 bits per heavy atom. The molecule has 1 saturated carbocycles. The largest absolute Gasteiger partial charge is 0.497 e. The molecule has 0 radical (unpaired) electrons. The smallest absolute Gasteiger partial charge is 0.264 e. The monoisotopic (exact) mass is 611 g/mol. The van der Waals surface area contributed by atoms with E-state index in [4.69, 9.17) is 16.3 Å². The predicted octanol–water partition coefficient (Wildman–Crippen LogP) is 5.72. The molecule has 4 rings (SSSR count). The van der Waals surface area contributed by atoms with Crippen molar-refractivity contribution in [3.8, 4) is 5.75 Å². The lowest BCUT2D eigenvalue weighted by atomic mass is 9.95. The molecule has 0 unspecified atom stereocenters. The Bertz CT molecular complexity index is 1490. The Balaban J connectivity index is 1.68. The Morgan fingerprint density at radius 3 is 2.33 bits per heavy atom. The van der Waals surface area contributed by atoms with Crippen LogP contribution in [0.3, 0.4) is 0 Å². The van der Waals surface area contributed by atoms with Gasteiger partial charge in [0, 0.05) is 17.6 Å². The van der Waals surface area contributed by atoms with Crippen molar-refractivity contribution in [1.29, 1.82) is 0 Å². The summed E-state index contributed by atoms with van der Waals surface area (Å²) in [4.78, 5) is 29.0. The molecule has 1 N–H and O–H groups in total. The maximum absolute atomic E-state index is 14.1. The van der Waals surface area contributed by atoms with Gasteiger partial charge in [-0.15, -0.1) is 0 Å². The number of nitrogens with one attached hydrogen (secondary N) is 1. The maximum Gasteiger partial charge on any atom is 0.264 e. The van der Waals surface area contributed by atoms with E-state index in [9.17, 15) is 18.0 Å². The molecule has 42 heavy (non-hydrogen) atoms. The number of sulfonamides is 1. The van der Waals surface area contributed by atoms with Crippen molar-refractivity contribution < 1.29 is 22.7 Å². The molecule has 1 aliphatic carbocycles. The van der Waals surface area contributed by atoms with E-state index in [2.05, 4.69) is 5.32 Å². The molecule has 224 valence electrons. The Labute approximate surface area is 253 Å². The first-order valence-corrected chi connectivity index (χ1v) is 16.0. The molecule has 3 aromatic rings. The zero-order chi connectivity index (χ0) is 30.3. The molecule has 1 aliphatic rings. The number of hydrogen-bond donors (Lipinski definition) is 1. The molecule has 1 fully saturated rings. The van der Waals surface area contributed by atoms with Crippen LogP contribution in [-0.2, 0) is 26.2 Å². The number of methoxy groups -OCH3 is 1. The second-order valence-corrected chi connectivity index (χ2v) is 13.0. The minimum atomic E-state index is -4.20. The topological polar surface area (TPSA) is 96.0 Å². The van der Waals surface area contributed by atoms with Crippen LogP contribution in [0.1, 0.15) is 50.2 Å². The van der Waals surface area contributed by atoms with Crippen LogP contribution in [0.25, 0.3) is 0 Å². The van der Waals surface area contributed by atoms with Gasteiger partial charge in [-0.3, -0.25) is 13.9 Å². The number of anilines is 1. The fraction of sp³-hybridized carbons (Fsp3) is 0.375. The third kappa shape index (κ3) is 7.83. The molecule has 0 saturated heterocycles. The van der Waals surface area contributed by atoms with E-state index in [0.29, 0.717) is 10.8 Å². The van der Waals surface area contributed by atoms with E-state index in [1.165, 1.54) is 30.2 Å². The number of hydrogen-bond acceptors (Lipinski definition) is 5. The molecule has 8 nitrogen and oxygen atoms in total. The van der Waals surface area contributed by atoms with E-state index in [-0.39, 0.29) is 29.1 Å². The van der Waals surface area contributed by atoms with Crippen molar-refractivity contribution >= 4 is 39.1 Å². The summed E-state index contributed by atoms with van der Waals surface area (Å²) in [5, 5.41) is 3.44. The second kappa shape index (κ2) is 14.1. The first-order valence-electron chi connectivity index (χ1n) is 14.2. The van der Waals surface area contributed by atoms with Gasteiger partial charge in [0.15, 0.2) is 0 Å². The van der Waals surface area contributed by atoms with Gasteiger partial charge >= 0.3 is 0 Å². The normalized spacial score (nSPS) is 14.6. The molecule has 0 bridgehead atoms. The fourth-order valence-corrected chi connectivity index (χ4v) is 6.78. The lowest BCUT2D eigenvalue weighted by molar-refractivity contribution is -0.139. The molecular weight excluding hydrogens is 574 g/mol. The third-order valence-electron chi connectivity index (χ3n) is 7.58. The van der Waals surface area contributed by atoms with Crippen LogP contribution < -0.4 is 14.4 Å². The van der Waals surface area contributed by atoms with Crippen molar-refractivity contribution in [3.05, 3.63) is 88.9 Å². The molecule has 0 aliphatic heterocycles. The number of aryl methyl sites for hydroxylation is 1. The zero-order valence-electron chi connectivity index (χ0n) is 24.3. The molecule has 10 heteroatoms. The average Bonchev–Trinajstić information content (AvgIpc) is 2.98. The van der Waals surface area contributed by atoms with Gasteiger partial charge in [-0.25, -0.2) is 8.42 Å². The van der Waals surface area contributed by atoms with Crippen LogP contribution in [0.5, 0.6) is 5.75 Å². The van der Waals surface area contributed by atoms with Gasteiger partial charge in [0.25, 0.3) is 10.0 Å². The highest BCUT2D eigenvalue weighted by atomic mass is 35.5. The van der Waals surface area contributed by atoms with Gasteiger partial charge in [0.1, 0.15) is 18.3 Å². The van der Waals surface area contributed by atoms with Crippen LogP contribution in [0.2, 0.25) is 5.02 Å². The van der Waals surface area contributed by atoms with E-state index in [1.54, 1.807) is 37.3 Å². The molecule has 0 heterocycles. The summed E-state index contributed by atoms with van der Waals surface area (Å²) in [7, 11) is -2.71. The maximum atomic E-state index is 14.1. The summed E-state index contributed by atoms with van der Waals surface area (Å²) in [6, 6.07) is 19.2. The number of ether oxygens (including phenoxy) is 1. The summed E-state index contributed by atoms with van der Waals surface area (Å²) in [6.45, 7) is 3.26. The van der Waals surface area contributed by atoms with Gasteiger partial charge in [0.2, 0.25) is 11.8 Å². The Morgan fingerprint density at radius 2 is 1.69 bits per heavy atom. The summed E-state index contributed by atoms with van der Waals surface area (Å²) in [5.41, 5.74) is 2.09. The average molecular weight is 612 g/mol. The van der Waals surface area contributed by atoms with Crippen molar-refractivity contribution in [3.63, 3.8) is 0 Å². The molecule has 0 aromatic heterocycles. The highest BCUT2D eigenvalue weighted by Gasteiger charge is 2.33. The van der Waals surface area contributed by atoms with Crippen LogP contribution in [0.15, 0.2) is 77.7 Å². The van der Waals surface area contributed by atoms with Crippen LogP contribution in [-0.4, -0.2) is 50.9 Å². The Hall–Kier alpha value is -3.56. The summed E-state index contributed by atoms with van der Waals surface area (Å²) in [5.74, 6) is -0.267. The minimum absolute atomic E-state index is 0.00982. The lowest BCUT2D eigenvalue weighted by Gasteiger charge is -2.33. The molecule has 1 atom stereocenters. The van der Waals surface area contributed by atoms with E-state index >= 15 is 0 Å². The SMILES string of the molecule is COc1ccc(S(=O)(=O)N(CC(=O)N(Cc2cccc(C)c2)[C@H](C)C(=O)NC2CCCCC2)c2cccc(Cl)c2)cc1. The number of amides is 2. The van der Waals surface area contributed by atoms with Crippen molar-refractivity contribution in [1.82, 2.24) is 10.2 Å². The van der Waals surface area contributed by atoms with E-state index < -0.39 is 28.5 Å². The third-order valence-corrected chi connectivity index (χ3v) is 9.60. The summed E-state index contributed by atoms with van der Waals surface area (Å²) >= 11 is 6.24. The standard InChI is InChI=1S/C32H38ClN3O5S/c1-23-9-7-10-25(19-23)21-35(24(2)32(38)34-27-12-5-4-6-13-27)31(37)22-36(28-14-8-11-26(33)20-28)42(39,40)30-17-15-29(41-3)16-18-30/h7-11,14-20,24,27H,4-6,12-13,21-22H2,1-3H3,(H,34,38)/t24-/m1/s1. The summed E-state index contributed by atoms with van der Waals surface area (Å²) < 4.78 is 34.1. The first-order chi connectivity index (χ1) is 20.1. The van der Waals surface area contributed by atoms with Crippen molar-refractivity contribution in [2.24, 2.45) is 0 Å². The predicted molar refractivity (Wildman–Crippen MR) is 165 cm³/mol. The van der Waals surface area contributed by atoms with Crippen LogP contribution >= 0.6 is 11.6 Å². The van der Waals surface area contributed by atoms with Crippen LogP contribution in [0.4, 0.5) is 5.69 Å². The van der Waals surface area contributed by atoms with Gasteiger partial charge in [-0.05, 0) is 74.7 Å². The zero-order valence-corrected chi connectivity index (χ0v) is 25.8. The molecular formula is C32H38ClN3O5S. The van der Waals surface area contributed by atoms with Crippen LogP contribution in [0, 0.1) is 6.92 Å². The van der Waals surface area contributed by atoms with Gasteiger partial charge in [-0.1, -0.05) is 66.8 Å². The number of rotatable bonds is 11. The number of carbonyl (C=O) groups excluding carboxylic acids is 2. The highest BCUT2D eigenvalue weighted by molar-refractivity contribution is 7.92. The number of nitrogens with zero attached hydrogens (tertiary/aromatic N) is 2. The van der Waals surface area contributed by atoms with E-state index in [0.717, 1.165) is 47.5 Å². The number of halogens is 1. The molecule has 2 amide bonds. The van der Waals surface area contributed by atoms with Crippen molar-refractivity contribution in [2.75, 3.05) is 18.0 Å². The highest BCUT2D eigenvalue weighted by Crippen LogP contribution is 2.28. The minimum Gasteiger partial charge on any atom is -0.497 e. The molecule has 3 aromatic carbocycles.